The second kappa shape index (κ2) is 17.0. The first-order valence-corrected chi connectivity index (χ1v) is 16.2. The smallest absolute Gasteiger partial charge is 0.469 e. The molecule has 40 heavy (non-hydrogen) atoms. The number of hydrogen-bond donors (Lipinski definition) is 10. The number of nitrogens with two attached hydrogens (primary N) is 1. The molecule has 0 aliphatic heterocycles. The minimum Gasteiger partial charge on any atom is -0.480 e. The van der Waals surface area contributed by atoms with Crippen molar-refractivity contribution in [2.45, 2.75) is 70.3 Å². The van der Waals surface area contributed by atoms with Crippen LogP contribution in [-0.4, -0.2) is 96.6 Å². The number of amides is 4. The standard InChI is InChI=1S/C19H37N5O13P2S/c1-9(2)7-11(20)16(26)21-12(5-6-40-4)17(27)22-13(8-14(25)24-38(31,32)33)18(28)23-15(19(29)30)10(3)37-39(34,35)36/h9-13,15H,5-8,20H2,1-4H3,(H,21,26)(H,22,27)(H,23,28)(H,29,30)(H2,34,35,36)(H3,24,25,31,32,33)/t10-,11+,12+,13+,15+/m1/s1. The molecular weight excluding hydrogens is 600 g/mol. The molecule has 0 radical (unpaired) electrons. The Kier molecular flexibility index (Phi) is 16.1. The van der Waals surface area contributed by atoms with Crippen molar-refractivity contribution >= 4 is 56.9 Å². The highest BCUT2D eigenvalue weighted by molar-refractivity contribution is 7.98. The normalized spacial score (nSPS) is 15.8. The van der Waals surface area contributed by atoms with Crippen molar-refractivity contribution in [2.75, 3.05) is 12.0 Å². The van der Waals surface area contributed by atoms with Gasteiger partial charge in [-0.1, -0.05) is 13.8 Å². The number of phosphoric acid groups is 1. The van der Waals surface area contributed by atoms with E-state index in [4.69, 9.17) is 25.3 Å². The average Bonchev–Trinajstić information content (AvgIpc) is 2.75. The Bertz CT molecular complexity index is 1000. The van der Waals surface area contributed by atoms with Gasteiger partial charge in [0.25, 0.3) is 0 Å². The van der Waals surface area contributed by atoms with E-state index < -0.39 is 81.9 Å². The van der Waals surface area contributed by atoms with Gasteiger partial charge in [0.1, 0.15) is 12.1 Å². The summed E-state index contributed by atoms with van der Waals surface area (Å²) in [7, 11) is -10.3. The molecule has 0 saturated carbocycles. The third-order valence-corrected chi connectivity index (χ3v) is 6.73. The molecule has 0 fully saturated rings. The topological polar surface area (TPSA) is 304 Å². The molecule has 21 heteroatoms. The predicted molar refractivity (Wildman–Crippen MR) is 141 cm³/mol. The molecule has 0 aliphatic rings. The number of carboxylic acid groups (broad SMARTS) is 1. The Morgan fingerprint density at radius 3 is 1.88 bits per heavy atom. The minimum atomic E-state index is -5.19. The number of carboxylic acids is 1. The van der Waals surface area contributed by atoms with Crippen LogP contribution in [0.4, 0.5) is 0 Å². The van der Waals surface area contributed by atoms with Crippen LogP contribution in [0.1, 0.15) is 40.0 Å². The van der Waals surface area contributed by atoms with E-state index in [0.717, 1.165) is 6.92 Å². The minimum absolute atomic E-state index is 0.0427. The molecular formula is C19H37N5O13P2S. The van der Waals surface area contributed by atoms with Crippen LogP contribution >= 0.6 is 27.3 Å². The molecule has 0 rings (SSSR count). The quantitative estimate of drug-likeness (QED) is 0.0710. The molecule has 232 valence electrons. The van der Waals surface area contributed by atoms with Crippen LogP contribution in [-0.2, 0) is 37.6 Å². The van der Waals surface area contributed by atoms with Gasteiger partial charge >= 0.3 is 21.5 Å². The molecule has 18 nitrogen and oxygen atoms in total. The number of rotatable bonds is 18. The Balaban J connectivity index is 6.03. The maximum Gasteiger partial charge on any atom is 0.469 e. The summed E-state index contributed by atoms with van der Waals surface area (Å²) in [6.45, 7) is 4.57. The van der Waals surface area contributed by atoms with Crippen molar-refractivity contribution in [3.63, 3.8) is 0 Å². The van der Waals surface area contributed by atoms with Gasteiger partial charge in [0.15, 0.2) is 6.04 Å². The molecule has 5 atom stereocenters. The van der Waals surface area contributed by atoms with Crippen molar-refractivity contribution in [1.82, 2.24) is 21.0 Å². The van der Waals surface area contributed by atoms with Crippen LogP contribution in [0.5, 0.6) is 0 Å². The molecule has 0 aromatic heterocycles. The number of aliphatic carboxylic acids is 1. The molecule has 0 unspecified atom stereocenters. The van der Waals surface area contributed by atoms with Crippen LogP contribution < -0.4 is 26.8 Å². The van der Waals surface area contributed by atoms with E-state index in [9.17, 15) is 38.2 Å². The van der Waals surface area contributed by atoms with Gasteiger partial charge in [0.2, 0.25) is 23.6 Å². The third-order valence-electron chi connectivity index (χ3n) is 4.94. The van der Waals surface area contributed by atoms with Gasteiger partial charge in [-0.25, -0.2) is 13.9 Å². The number of nitrogens with one attached hydrogen (secondary N) is 4. The molecule has 0 spiro atoms. The Morgan fingerprint density at radius 1 is 0.900 bits per heavy atom. The molecule has 0 aromatic rings. The zero-order chi connectivity index (χ0) is 31.4. The van der Waals surface area contributed by atoms with E-state index >= 15 is 0 Å². The van der Waals surface area contributed by atoms with Gasteiger partial charge < -0.3 is 46.4 Å². The molecule has 0 bridgehead atoms. The number of phosphoric ester groups is 1. The van der Waals surface area contributed by atoms with Crippen LogP contribution in [0.2, 0.25) is 0 Å². The number of thioether (sulfide) groups is 1. The summed E-state index contributed by atoms with van der Waals surface area (Å²) in [5.74, 6) is -5.87. The van der Waals surface area contributed by atoms with Gasteiger partial charge in [-0.15, -0.1) is 0 Å². The maximum atomic E-state index is 13.1. The van der Waals surface area contributed by atoms with Crippen LogP contribution in [0.15, 0.2) is 0 Å². The average molecular weight is 638 g/mol. The summed E-state index contributed by atoms with van der Waals surface area (Å²) >= 11 is 1.32. The Hall–Kier alpha value is -2.08. The highest BCUT2D eigenvalue weighted by Crippen LogP contribution is 2.38. The lowest BCUT2D eigenvalue weighted by atomic mass is 10.0. The Morgan fingerprint density at radius 2 is 1.43 bits per heavy atom. The number of hydrogen-bond acceptors (Lipinski definition) is 10. The summed E-state index contributed by atoms with van der Waals surface area (Å²) in [6, 6.07) is -6.29. The van der Waals surface area contributed by atoms with Crippen molar-refractivity contribution in [3.05, 3.63) is 0 Å². The fourth-order valence-corrected chi connectivity index (χ4v) is 4.63. The zero-order valence-electron chi connectivity index (χ0n) is 22.2. The van der Waals surface area contributed by atoms with E-state index in [1.807, 2.05) is 19.2 Å². The second-order valence-corrected chi connectivity index (χ2v) is 12.5. The maximum absolute atomic E-state index is 13.1. The SMILES string of the molecule is CSCC[C@H](NC(=O)[C@@H](N)CC(C)C)C(=O)N[C@@H](CC(=O)NP(=O)(O)O)C(=O)N[C@H](C(=O)O)[C@@H](C)OP(=O)(O)O. The largest absolute Gasteiger partial charge is 0.480 e. The third kappa shape index (κ3) is 16.2. The van der Waals surface area contributed by atoms with E-state index in [0.29, 0.717) is 12.2 Å². The molecule has 0 saturated heterocycles. The summed E-state index contributed by atoms with van der Waals surface area (Å²) in [5.41, 5.74) is 5.86. The lowest BCUT2D eigenvalue weighted by molar-refractivity contribution is -0.145. The van der Waals surface area contributed by atoms with Gasteiger partial charge in [0.05, 0.1) is 18.6 Å². The van der Waals surface area contributed by atoms with Gasteiger partial charge in [-0.2, -0.15) is 11.8 Å². The van der Waals surface area contributed by atoms with Crippen molar-refractivity contribution in [1.29, 1.82) is 0 Å². The number of carbonyl (C=O) groups excluding carboxylic acids is 4. The van der Waals surface area contributed by atoms with E-state index in [1.165, 1.54) is 16.8 Å². The highest BCUT2D eigenvalue weighted by atomic mass is 32.2. The van der Waals surface area contributed by atoms with Gasteiger partial charge in [0, 0.05) is 0 Å². The first kappa shape index (κ1) is 37.9. The molecule has 0 aromatic carbocycles. The summed E-state index contributed by atoms with van der Waals surface area (Å²) in [6.07, 6.45) is -0.850. The van der Waals surface area contributed by atoms with E-state index in [2.05, 4.69) is 15.2 Å². The highest BCUT2D eigenvalue weighted by Gasteiger charge is 2.36. The van der Waals surface area contributed by atoms with Crippen LogP contribution in [0, 0.1) is 5.92 Å². The van der Waals surface area contributed by atoms with E-state index in [-0.39, 0.29) is 12.3 Å². The fraction of sp³-hybridized carbons (Fsp3) is 0.737. The van der Waals surface area contributed by atoms with Crippen LogP contribution in [0.25, 0.3) is 0 Å². The lowest BCUT2D eigenvalue weighted by Crippen LogP contribution is -2.59. The summed E-state index contributed by atoms with van der Waals surface area (Å²) in [4.78, 5) is 98.2. The first-order valence-electron chi connectivity index (χ1n) is 11.7. The Labute approximate surface area is 234 Å². The fourth-order valence-electron chi connectivity index (χ4n) is 3.18. The van der Waals surface area contributed by atoms with Gasteiger partial charge in [-0.05, 0) is 37.7 Å². The molecule has 4 amide bonds. The molecule has 11 N–H and O–H groups in total. The summed E-state index contributed by atoms with van der Waals surface area (Å²) in [5, 5.41) is 17.2. The van der Waals surface area contributed by atoms with Crippen molar-refractivity contribution < 1.29 is 62.3 Å². The second-order valence-electron chi connectivity index (χ2n) is 9.05. The predicted octanol–water partition coefficient (Wildman–Crippen LogP) is -2.25. The van der Waals surface area contributed by atoms with Crippen LogP contribution in [0.3, 0.4) is 0 Å². The molecule has 0 heterocycles. The monoisotopic (exact) mass is 637 g/mol. The van der Waals surface area contributed by atoms with E-state index in [1.54, 1.807) is 6.26 Å². The first-order chi connectivity index (χ1) is 18.2. The van der Waals surface area contributed by atoms with Gasteiger partial charge in [-0.3, -0.25) is 28.8 Å². The molecule has 0 aliphatic carbocycles. The summed E-state index contributed by atoms with van der Waals surface area (Å²) < 4.78 is 26.5. The zero-order valence-corrected chi connectivity index (χ0v) is 24.8. The number of carbonyl (C=O) groups is 5. The lowest BCUT2D eigenvalue weighted by Gasteiger charge is -2.26. The van der Waals surface area contributed by atoms with Crippen molar-refractivity contribution in [2.24, 2.45) is 11.7 Å². The van der Waals surface area contributed by atoms with Crippen molar-refractivity contribution in [3.8, 4) is 0 Å².